The standard InChI is InChI=1S/C31H30Cl2N2O5S2/c32-41(36,37)20-9-10-21(26(17-20)42(33,38)39)27-24-15-18-5-1-11-34-13-3-7-22(28(18)34)30(24)40-31-23-8-4-14-35-12-2-6-19(29(23)35)16-25(27)31/h9-10,15-17,28H,1-8,11-14H2. The minimum absolute atomic E-state index is 0.208. The number of hydrogen-bond donors (Lipinski definition) is 0. The molecule has 2 aromatic rings. The average Bonchev–Trinajstić information content (AvgIpc) is 2.96. The summed E-state index contributed by atoms with van der Waals surface area (Å²) < 4.78 is 57.7. The van der Waals surface area contributed by atoms with Crippen LogP contribution in [0.3, 0.4) is 0 Å². The molecule has 2 fully saturated rings. The number of fused-ring (bicyclic) bond motifs is 3. The topological polar surface area (TPSA) is 84.0 Å². The van der Waals surface area contributed by atoms with Gasteiger partial charge in [-0.05, 0) is 105 Å². The Morgan fingerprint density at radius 1 is 0.810 bits per heavy atom. The highest BCUT2D eigenvalue weighted by molar-refractivity contribution is 8.14. The molecule has 2 aromatic carbocycles. The lowest BCUT2D eigenvalue weighted by Crippen LogP contribution is -2.47. The molecule has 0 spiro atoms. The van der Waals surface area contributed by atoms with Crippen molar-refractivity contribution in [1.82, 2.24) is 4.90 Å². The quantitative estimate of drug-likeness (QED) is 0.386. The van der Waals surface area contributed by atoms with Crippen LogP contribution >= 0.6 is 21.4 Å². The largest absolute Gasteiger partial charge is 0.456 e. The van der Waals surface area contributed by atoms with Crippen LogP contribution in [0.2, 0.25) is 0 Å². The Hall–Kier alpha value is -2.30. The highest BCUT2D eigenvalue weighted by Gasteiger charge is 2.43. The SMILES string of the molecule is O=S(=O)(Cl)c1ccc(C2=C3C=C4CCCN5CCCC(=C3Oc3c2cc2c6c3CCCN6CCC2)C45)c(S(=O)(=O)Cl)c1. The van der Waals surface area contributed by atoms with Crippen molar-refractivity contribution < 1.29 is 21.6 Å². The Morgan fingerprint density at radius 3 is 2.31 bits per heavy atom. The van der Waals surface area contributed by atoms with Crippen LogP contribution < -0.4 is 9.64 Å². The Labute approximate surface area is 255 Å². The van der Waals surface area contributed by atoms with Gasteiger partial charge in [0.25, 0.3) is 18.1 Å². The normalized spacial score (nSPS) is 23.4. The Bertz CT molecular complexity index is 1890. The molecule has 0 bridgehead atoms. The molecule has 42 heavy (non-hydrogen) atoms. The average molecular weight is 646 g/mol. The highest BCUT2D eigenvalue weighted by Crippen LogP contribution is 2.54. The molecule has 11 heteroatoms. The summed E-state index contributed by atoms with van der Waals surface area (Å²) in [4.78, 5) is 4.43. The van der Waals surface area contributed by atoms with Crippen molar-refractivity contribution in [3.8, 4) is 5.75 Å². The van der Waals surface area contributed by atoms with Gasteiger partial charge in [0.1, 0.15) is 11.5 Å². The first kappa shape index (κ1) is 27.3. The summed E-state index contributed by atoms with van der Waals surface area (Å²) in [6, 6.07) is 6.37. The maximum Gasteiger partial charge on any atom is 0.261 e. The first-order chi connectivity index (χ1) is 20.1. The number of piperidine rings is 2. The van der Waals surface area contributed by atoms with Gasteiger partial charge in [0.05, 0.1) is 15.8 Å². The fourth-order valence-corrected chi connectivity index (χ4v) is 10.1. The predicted molar refractivity (Wildman–Crippen MR) is 163 cm³/mol. The number of anilines is 1. The third-order valence-corrected chi connectivity index (χ3v) is 12.4. The minimum atomic E-state index is -4.36. The van der Waals surface area contributed by atoms with Crippen LogP contribution in [-0.2, 0) is 30.9 Å². The number of halogens is 2. The second-order valence-corrected chi connectivity index (χ2v) is 17.2. The smallest absolute Gasteiger partial charge is 0.261 e. The highest BCUT2D eigenvalue weighted by atomic mass is 35.7. The number of hydrogen-bond acceptors (Lipinski definition) is 7. The van der Waals surface area contributed by atoms with Gasteiger partial charge in [0.15, 0.2) is 0 Å². The van der Waals surface area contributed by atoms with Gasteiger partial charge in [-0.25, -0.2) is 16.8 Å². The van der Waals surface area contributed by atoms with E-state index in [1.54, 1.807) is 6.07 Å². The number of aryl methyl sites for hydroxylation is 1. The third kappa shape index (κ3) is 4.14. The number of rotatable bonds is 3. The van der Waals surface area contributed by atoms with Gasteiger partial charge in [0.2, 0.25) is 0 Å². The molecule has 0 amide bonds. The van der Waals surface area contributed by atoms with Gasteiger partial charge in [-0.2, -0.15) is 0 Å². The molecule has 0 aromatic heterocycles. The summed E-state index contributed by atoms with van der Waals surface area (Å²) >= 11 is 0. The van der Waals surface area contributed by atoms with E-state index in [4.69, 9.17) is 26.1 Å². The van der Waals surface area contributed by atoms with Gasteiger partial charge in [0, 0.05) is 68.0 Å². The van der Waals surface area contributed by atoms with Crippen LogP contribution in [0.15, 0.2) is 62.6 Å². The monoisotopic (exact) mass is 644 g/mol. The van der Waals surface area contributed by atoms with Crippen LogP contribution in [0, 0.1) is 0 Å². The second kappa shape index (κ2) is 9.60. The van der Waals surface area contributed by atoms with E-state index < -0.39 is 18.1 Å². The Kier molecular flexibility index (Phi) is 6.23. The number of allylic oxidation sites excluding steroid dienone is 1. The zero-order chi connectivity index (χ0) is 29.0. The minimum Gasteiger partial charge on any atom is -0.456 e. The van der Waals surface area contributed by atoms with Crippen molar-refractivity contribution in [3.63, 3.8) is 0 Å². The second-order valence-electron chi connectivity index (χ2n) is 12.1. The molecular formula is C31H30Cl2N2O5S2. The van der Waals surface area contributed by atoms with Crippen molar-refractivity contribution in [3.05, 3.63) is 75.1 Å². The summed E-state index contributed by atoms with van der Waals surface area (Å²) in [6.45, 7) is 4.15. The number of benzene rings is 2. The molecule has 8 rings (SSSR count). The molecular weight excluding hydrogens is 615 g/mol. The first-order valence-electron chi connectivity index (χ1n) is 14.7. The van der Waals surface area contributed by atoms with E-state index in [2.05, 4.69) is 21.9 Å². The molecule has 0 N–H and O–H groups in total. The molecule has 0 radical (unpaired) electrons. The van der Waals surface area contributed by atoms with Crippen LogP contribution in [0.4, 0.5) is 5.69 Å². The molecule has 1 unspecified atom stereocenters. The maximum atomic E-state index is 13.1. The maximum absolute atomic E-state index is 13.1. The summed E-state index contributed by atoms with van der Waals surface area (Å²) in [7, 11) is 3.16. The lowest BCUT2D eigenvalue weighted by molar-refractivity contribution is 0.178. The molecule has 220 valence electrons. The van der Waals surface area contributed by atoms with E-state index >= 15 is 0 Å². The van der Waals surface area contributed by atoms with Gasteiger partial charge >= 0.3 is 0 Å². The van der Waals surface area contributed by atoms with E-state index in [0.717, 1.165) is 112 Å². The van der Waals surface area contributed by atoms with Crippen LogP contribution in [-0.4, -0.2) is 54.0 Å². The zero-order valence-electron chi connectivity index (χ0n) is 23.0. The summed E-state index contributed by atoms with van der Waals surface area (Å²) in [5, 5.41) is 0. The van der Waals surface area contributed by atoms with E-state index in [1.165, 1.54) is 34.0 Å². The van der Waals surface area contributed by atoms with E-state index in [-0.39, 0.29) is 15.8 Å². The van der Waals surface area contributed by atoms with Crippen LogP contribution in [0.5, 0.6) is 5.75 Å². The lowest BCUT2D eigenvalue weighted by atomic mass is 9.75. The van der Waals surface area contributed by atoms with Gasteiger partial charge < -0.3 is 9.64 Å². The number of ether oxygens (including phenoxy) is 1. The zero-order valence-corrected chi connectivity index (χ0v) is 26.1. The lowest BCUT2D eigenvalue weighted by Gasteiger charge is -2.47. The molecule has 6 aliphatic rings. The van der Waals surface area contributed by atoms with Crippen molar-refractivity contribution in [2.45, 2.75) is 67.2 Å². The van der Waals surface area contributed by atoms with Gasteiger partial charge in [-0.15, -0.1) is 0 Å². The predicted octanol–water partition coefficient (Wildman–Crippen LogP) is 5.89. The Balaban J connectivity index is 1.48. The van der Waals surface area contributed by atoms with Crippen molar-refractivity contribution in [1.29, 1.82) is 0 Å². The summed E-state index contributed by atoms with van der Waals surface area (Å²) in [5.41, 5.74) is 9.05. The molecule has 0 saturated carbocycles. The fourth-order valence-electron chi connectivity index (χ4n) is 8.13. The summed E-state index contributed by atoms with van der Waals surface area (Å²) in [6.07, 6.45) is 10.1. The van der Waals surface area contributed by atoms with Gasteiger partial charge in [-0.1, -0.05) is 6.07 Å². The fraction of sp³-hybridized carbons (Fsp3) is 0.419. The van der Waals surface area contributed by atoms with Crippen molar-refractivity contribution in [2.75, 3.05) is 31.1 Å². The van der Waals surface area contributed by atoms with Crippen molar-refractivity contribution >= 4 is 50.7 Å². The molecule has 2 saturated heterocycles. The van der Waals surface area contributed by atoms with Gasteiger partial charge in [-0.3, -0.25) is 4.90 Å². The van der Waals surface area contributed by atoms with E-state index in [1.807, 2.05) is 0 Å². The molecule has 5 heterocycles. The third-order valence-electron chi connectivity index (χ3n) is 9.70. The van der Waals surface area contributed by atoms with Crippen LogP contribution in [0.25, 0.3) is 5.57 Å². The van der Waals surface area contributed by atoms with E-state index in [9.17, 15) is 16.8 Å². The Morgan fingerprint density at radius 2 is 1.55 bits per heavy atom. The first-order valence-corrected chi connectivity index (χ1v) is 19.3. The van der Waals surface area contributed by atoms with E-state index in [0.29, 0.717) is 5.56 Å². The molecule has 7 nitrogen and oxygen atoms in total. The van der Waals surface area contributed by atoms with Crippen molar-refractivity contribution in [2.24, 2.45) is 0 Å². The molecule has 5 aliphatic heterocycles. The molecule has 1 aliphatic carbocycles. The molecule has 1 atom stereocenters. The number of nitrogens with zero attached hydrogens (tertiary/aromatic N) is 2. The summed E-state index contributed by atoms with van der Waals surface area (Å²) in [5.74, 6) is 1.60. The van der Waals surface area contributed by atoms with Crippen LogP contribution in [0.1, 0.15) is 60.8 Å².